The monoisotopic (exact) mass is 334 g/mol. The van der Waals surface area contributed by atoms with Gasteiger partial charge in [0.15, 0.2) is 0 Å². The Morgan fingerprint density at radius 1 is 1.17 bits per heavy atom. The fourth-order valence-electron chi connectivity index (χ4n) is 1.82. The second-order valence-corrected chi connectivity index (χ2v) is 4.94. The maximum Gasteiger partial charge on any atom is 0.275 e. The molecule has 2 aromatic rings. The molecular formula is C16H15ClN2O4. The molecule has 0 atom stereocenters. The molecule has 6 nitrogen and oxygen atoms in total. The predicted molar refractivity (Wildman–Crippen MR) is 87.7 cm³/mol. The third-order valence-corrected chi connectivity index (χ3v) is 3.19. The van der Waals surface area contributed by atoms with Gasteiger partial charge in [0.05, 0.1) is 26.0 Å². The zero-order valence-corrected chi connectivity index (χ0v) is 13.3. The first-order valence-corrected chi connectivity index (χ1v) is 6.96. The second-order valence-electron chi connectivity index (χ2n) is 4.51. The van der Waals surface area contributed by atoms with Crippen molar-refractivity contribution >= 4 is 23.7 Å². The summed E-state index contributed by atoms with van der Waals surface area (Å²) in [7, 11) is 3.08. The lowest BCUT2D eigenvalue weighted by Gasteiger charge is -2.06. The van der Waals surface area contributed by atoms with E-state index in [0.717, 1.165) is 0 Å². The van der Waals surface area contributed by atoms with E-state index in [4.69, 9.17) is 21.1 Å². The summed E-state index contributed by atoms with van der Waals surface area (Å²) < 4.78 is 10.3. The SMILES string of the molecule is COc1cc(/C=N\NC(=O)c2cc(Cl)ccc2O)cc(OC)c1. The van der Waals surface area contributed by atoms with E-state index in [-0.39, 0.29) is 11.3 Å². The van der Waals surface area contributed by atoms with Gasteiger partial charge in [-0.2, -0.15) is 5.10 Å². The van der Waals surface area contributed by atoms with Crippen LogP contribution in [0.1, 0.15) is 15.9 Å². The maximum atomic E-state index is 12.0. The lowest BCUT2D eigenvalue weighted by molar-refractivity contribution is 0.0952. The van der Waals surface area contributed by atoms with Crippen LogP contribution in [0.4, 0.5) is 0 Å². The molecule has 23 heavy (non-hydrogen) atoms. The Morgan fingerprint density at radius 3 is 2.43 bits per heavy atom. The van der Waals surface area contributed by atoms with Crippen molar-refractivity contribution in [2.24, 2.45) is 5.10 Å². The van der Waals surface area contributed by atoms with Crippen molar-refractivity contribution in [1.29, 1.82) is 0 Å². The molecule has 0 saturated carbocycles. The Bertz CT molecular complexity index is 725. The lowest BCUT2D eigenvalue weighted by atomic mass is 10.2. The number of hydrogen-bond acceptors (Lipinski definition) is 5. The third kappa shape index (κ3) is 4.37. The third-order valence-electron chi connectivity index (χ3n) is 2.96. The normalized spacial score (nSPS) is 10.6. The minimum atomic E-state index is -0.573. The standard InChI is InChI=1S/C16H15ClN2O4/c1-22-12-5-10(6-13(8-12)23-2)9-18-19-16(21)14-7-11(17)3-4-15(14)20/h3-9,20H,1-2H3,(H,19,21)/b18-9-. The molecule has 0 aliphatic heterocycles. The van der Waals surface area contributed by atoms with E-state index in [1.807, 2.05) is 0 Å². The number of hydrazone groups is 1. The quantitative estimate of drug-likeness (QED) is 0.651. The van der Waals surface area contributed by atoms with Gasteiger partial charge in [-0.15, -0.1) is 0 Å². The summed E-state index contributed by atoms with van der Waals surface area (Å²) in [5.74, 6) is 0.454. The van der Waals surface area contributed by atoms with Crippen molar-refractivity contribution < 1.29 is 19.4 Å². The van der Waals surface area contributed by atoms with Crippen LogP contribution >= 0.6 is 11.6 Å². The molecule has 0 saturated heterocycles. The van der Waals surface area contributed by atoms with Gasteiger partial charge in [-0.1, -0.05) is 11.6 Å². The molecule has 0 unspecified atom stereocenters. The van der Waals surface area contributed by atoms with E-state index >= 15 is 0 Å². The fourth-order valence-corrected chi connectivity index (χ4v) is 1.99. The number of carbonyl (C=O) groups excluding carboxylic acids is 1. The van der Waals surface area contributed by atoms with Gasteiger partial charge in [0.1, 0.15) is 17.2 Å². The summed E-state index contributed by atoms with van der Waals surface area (Å²) in [6.45, 7) is 0. The largest absolute Gasteiger partial charge is 0.507 e. The predicted octanol–water partition coefficient (Wildman–Crippen LogP) is 2.83. The number of benzene rings is 2. The van der Waals surface area contributed by atoms with E-state index in [0.29, 0.717) is 22.1 Å². The van der Waals surface area contributed by atoms with Gasteiger partial charge >= 0.3 is 0 Å². The molecule has 2 rings (SSSR count). The summed E-state index contributed by atoms with van der Waals surface area (Å²) in [6, 6.07) is 9.37. The van der Waals surface area contributed by atoms with Crippen LogP contribution in [0.15, 0.2) is 41.5 Å². The molecule has 0 heterocycles. The molecule has 0 aliphatic rings. The van der Waals surface area contributed by atoms with Gasteiger partial charge in [-0.25, -0.2) is 5.43 Å². The van der Waals surface area contributed by atoms with Crippen molar-refractivity contribution in [3.05, 3.63) is 52.5 Å². The number of nitrogens with zero attached hydrogens (tertiary/aromatic N) is 1. The molecule has 7 heteroatoms. The van der Waals surface area contributed by atoms with Gasteiger partial charge in [-0.05, 0) is 30.3 Å². The summed E-state index contributed by atoms with van der Waals surface area (Å²) in [5, 5.41) is 13.8. The van der Waals surface area contributed by atoms with Gasteiger partial charge < -0.3 is 14.6 Å². The number of ether oxygens (including phenoxy) is 2. The summed E-state index contributed by atoms with van der Waals surface area (Å²) in [6.07, 6.45) is 1.44. The topological polar surface area (TPSA) is 80.2 Å². The number of nitrogens with one attached hydrogen (secondary N) is 1. The minimum Gasteiger partial charge on any atom is -0.507 e. The number of halogens is 1. The average Bonchev–Trinajstić information content (AvgIpc) is 2.56. The van der Waals surface area contributed by atoms with E-state index in [1.165, 1.54) is 24.4 Å². The molecule has 0 aromatic heterocycles. The van der Waals surface area contributed by atoms with Gasteiger partial charge in [0.25, 0.3) is 5.91 Å². The minimum absolute atomic E-state index is 0.0397. The van der Waals surface area contributed by atoms with Crippen LogP contribution in [-0.4, -0.2) is 31.4 Å². The Labute approximate surface area is 138 Å². The van der Waals surface area contributed by atoms with Crippen molar-refractivity contribution in [2.75, 3.05) is 14.2 Å². The number of amides is 1. The first-order valence-electron chi connectivity index (χ1n) is 6.58. The van der Waals surface area contributed by atoms with Crippen LogP contribution < -0.4 is 14.9 Å². The molecular weight excluding hydrogens is 320 g/mol. The van der Waals surface area contributed by atoms with Crippen molar-refractivity contribution in [2.45, 2.75) is 0 Å². The van der Waals surface area contributed by atoms with Crippen LogP contribution in [0.25, 0.3) is 0 Å². The van der Waals surface area contributed by atoms with Crippen molar-refractivity contribution in [1.82, 2.24) is 5.43 Å². The Hall–Kier alpha value is -2.73. The van der Waals surface area contributed by atoms with E-state index in [9.17, 15) is 9.90 Å². The van der Waals surface area contributed by atoms with Crippen LogP contribution in [0.3, 0.4) is 0 Å². The van der Waals surface area contributed by atoms with E-state index < -0.39 is 5.91 Å². The Balaban J connectivity index is 2.12. The van der Waals surface area contributed by atoms with E-state index in [2.05, 4.69) is 10.5 Å². The number of phenolic OH excluding ortho intramolecular Hbond substituents is 1. The molecule has 120 valence electrons. The molecule has 0 radical (unpaired) electrons. The van der Waals surface area contributed by atoms with Crippen LogP contribution in [-0.2, 0) is 0 Å². The zero-order valence-electron chi connectivity index (χ0n) is 12.5. The highest BCUT2D eigenvalue weighted by atomic mass is 35.5. The molecule has 0 spiro atoms. The molecule has 0 aliphatic carbocycles. The highest BCUT2D eigenvalue weighted by Gasteiger charge is 2.10. The van der Waals surface area contributed by atoms with Crippen molar-refractivity contribution in [3.8, 4) is 17.2 Å². The number of carbonyl (C=O) groups is 1. The number of aromatic hydroxyl groups is 1. The van der Waals surface area contributed by atoms with Gasteiger partial charge in [-0.3, -0.25) is 4.79 Å². The summed E-state index contributed by atoms with van der Waals surface area (Å²) >= 11 is 5.80. The second kappa shape index (κ2) is 7.51. The molecule has 1 amide bonds. The summed E-state index contributed by atoms with van der Waals surface area (Å²) in [5.41, 5.74) is 3.04. The van der Waals surface area contributed by atoms with Crippen molar-refractivity contribution in [3.63, 3.8) is 0 Å². The smallest absolute Gasteiger partial charge is 0.275 e. The van der Waals surface area contributed by atoms with E-state index in [1.54, 1.807) is 32.4 Å². The van der Waals surface area contributed by atoms with Crippen LogP contribution in [0.2, 0.25) is 5.02 Å². The number of rotatable bonds is 5. The maximum absolute atomic E-state index is 12.0. The highest BCUT2D eigenvalue weighted by molar-refractivity contribution is 6.31. The molecule has 2 N–H and O–H groups in total. The van der Waals surface area contributed by atoms with Gasteiger partial charge in [0, 0.05) is 16.7 Å². The number of hydrogen-bond donors (Lipinski definition) is 2. The first kappa shape index (κ1) is 16.6. The Morgan fingerprint density at radius 2 is 1.83 bits per heavy atom. The number of phenols is 1. The molecule has 0 fully saturated rings. The zero-order chi connectivity index (χ0) is 16.8. The van der Waals surface area contributed by atoms with Crippen LogP contribution in [0.5, 0.6) is 17.2 Å². The highest BCUT2D eigenvalue weighted by Crippen LogP contribution is 2.22. The van der Waals surface area contributed by atoms with Gasteiger partial charge in [0.2, 0.25) is 0 Å². The number of methoxy groups -OCH3 is 2. The lowest BCUT2D eigenvalue weighted by Crippen LogP contribution is -2.17. The van der Waals surface area contributed by atoms with Crippen LogP contribution in [0, 0.1) is 0 Å². The molecule has 2 aromatic carbocycles. The Kier molecular flexibility index (Phi) is 5.43. The summed E-state index contributed by atoms with van der Waals surface area (Å²) in [4.78, 5) is 12.0. The molecule has 0 bridgehead atoms. The average molecular weight is 335 g/mol. The fraction of sp³-hybridized carbons (Fsp3) is 0.125. The first-order chi connectivity index (χ1) is 11.0.